The molecular weight excluding hydrogens is 399 g/mol. The van der Waals surface area contributed by atoms with Crippen LogP contribution in [0.25, 0.3) is 0 Å². The summed E-state index contributed by atoms with van der Waals surface area (Å²) in [5.41, 5.74) is 0.945. The zero-order valence-electron chi connectivity index (χ0n) is 16.7. The van der Waals surface area contributed by atoms with E-state index in [1.54, 1.807) is 29.2 Å². The lowest BCUT2D eigenvalue weighted by atomic mass is 10.1. The van der Waals surface area contributed by atoms with Gasteiger partial charge in [0.05, 0.1) is 17.9 Å². The fraction of sp³-hybridized carbons (Fsp3) is 0.167. The van der Waals surface area contributed by atoms with Gasteiger partial charge in [-0.05, 0) is 48.9 Å². The lowest BCUT2D eigenvalue weighted by molar-refractivity contribution is -0.121. The summed E-state index contributed by atoms with van der Waals surface area (Å²) in [6.07, 6.45) is 0.617. The summed E-state index contributed by atoms with van der Waals surface area (Å²) in [7, 11) is 0. The van der Waals surface area contributed by atoms with E-state index in [2.05, 4.69) is 5.32 Å². The van der Waals surface area contributed by atoms with E-state index in [-0.39, 0.29) is 18.1 Å². The second-order valence-corrected chi connectivity index (χ2v) is 6.97. The van der Waals surface area contributed by atoms with E-state index in [1.165, 1.54) is 18.2 Å². The maximum atomic E-state index is 13.9. The maximum absolute atomic E-state index is 13.9. The van der Waals surface area contributed by atoms with E-state index in [1.807, 2.05) is 30.3 Å². The first kappa shape index (κ1) is 20.4. The molecule has 158 valence electrons. The van der Waals surface area contributed by atoms with Gasteiger partial charge in [0.1, 0.15) is 17.3 Å². The summed E-state index contributed by atoms with van der Waals surface area (Å²) in [5, 5.41) is 2.68. The molecule has 1 N–H and O–H groups in total. The highest BCUT2D eigenvalue weighted by Crippen LogP contribution is 2.35. The van der Waals surface area contributed by atoms with E-state index >= 15 is 0 Å². The van der Waals surface area contributed by atoms with Crippen molar-refractivity contribution in [1.29, 1.82) is 0 Å². The number of halogens is 1. The van der Waals surface area contributed by atoms with Gasteiger partial charge in [-0.25, -0.2) is 4.39 Å². The van der Waals surface area contributed by atoms with Gasteiger partial charge in [-0.3, -0.25) is 9.59 Å². The third kappa shape index (κ3) is 4.83. The van der Waals surface area contributed by atoms with E-state index in [0.29, 0.717) is 36.7 Å². The monoisotopic (exact) mass is 420 g/mol. The van der Waals surface area contributed by atoms with Gasteiger partial charge < -0.3 is 19.7 Å². The van der Waals surface area contributed by atoms with Gasteiger partial charge in [0.15, 0.2) is 6.61 Å². The lowest BCUT2D eigenvalue weighted by Gasteiger charge is -2.30. The summed E-state index contributed by atoms with van der Waals surface area (Å²) < 4.78 is 25.1. The van der Waals surface area contributed by atoms with Crippen LogP contribution in [0.4, 0.5) is 15.8 Å². The van der Waals surface area contributed by atoms with E-state index in [4.69, 9.17) is 9.47 Å². The van der Waals surface area contributed by atoms with Crippen molar-refractivity contribution >= 4 is 23.2 Å². The molecule has 0 bridgehead atoms. The Morgan fingerprint density at radius 3 is 2.65 bits per heavy atom. The molecule has 0 spiro atoms. The number of ether oxygens (including phenoxy) is 2. The number of hydrogen-bond acceptors (Lipinski definition) is 4. The van der Waals surface area contributed by atoms with Crippen molar-refractivity contribution in [1.82, 2.24) is 0 Å². The van der Waals surface area contributed by atoms with Gasteiger partial charge in [-0.2, -0.15) is 0 Å². The summed E-state index contributed by atoms with van der Waals surface area (Å²) in [5.74, 6) is -0.0213. The Morgan fingerprint density at radius 1 is 1.06 bits per heavy atom. The van der Waals surface area contributed by atoms with Crippen LogP contribution in [0.5, 0.6) is 11.5 Å². The zero-order valence-corrected chi connectivity index (χ0v) is 16.7. The Morgan fingerprint density at radius 2 is 1.84 bits per heavy atom. The third-order valence-electron chi connectivity index (χ3n) is 4.82. The average Bonchev–Trinajstić information content (AvgIpc) is 2.79. The number of fused-ring (bicyclic) bond motifs is 1. The number of amides is 2. The molecule has 0 radical (unpaired) electrons. The normalized spacial score (nSPS) is 12.7. The molecule has 2 amide bonds. The molecule has 0 fully saturated rings. The fourth-order valence-electron chi connectivity index (χ4n) is 3.30. The van der Waals surface area contributed by atoms with E-state index < -0.39 is 11.7 Å². The predicted octanol–water partition coefficient (Wildman–Crippen LogP) is 4.27. The summed E-state index contributed by atoms with van der Waals surface area (Å²) in [6, 6.07) is 20.2. The Balaban J connectivity index is 1.44. The second kappa shape index (κ2) is 9.30. The first-order valence-corrected chi connectivity index (χ1v) is 9.93. The number of carbonyl (C=O) groups is 2. The standard InChI is InChI=1S/C24H21FN2O4/c25-20-10-5-4-9-19(20)24(29)26-17-11-12-22-21(15-17)27(23(28)16-31-22)13-6-14-30-18-7-2-1-3-8-18/h1-5,7-12,15H,6,13-14,16H2,(H,26,29). The maximum Gasteiger partial charge on any atom is 0.265 e. The van der Waals surface area contributed by atoms with Crippen molar-refractivity contribution < 1.29 is 23.5 Å². The molecule has 0 saturated heterocycles. The van der Waals surface area contributed by atoms with Crippen LogP contribution in [0.2, 0.25) is 0 Å². The first-order chi connectivity index (χ1) is 15.1. The van der Waals surface area contributed by atoms with Crippen LogP contribution in [0.3, 0.4) is 0 Å². The molecule has 1 aliphatic rings. The first-order valence-electron chi connectivity index (χ1n) is 9.93. The molecular formula is C24H21FN2O4. The van der Waals surface area contributed by atoms with Gasteiger partial charge in [0.2, 0.25) is 0 Å². The van der Waals surface area contributed by atoms with Crippen LogP contribution < -0.4 is 19.7 Å². The summed E-state index contributed by atoms with van der Waals surface area (Å²) in [4.78, 5) is 26.5. The molecule has 0 aliphatic carbocycles. The molecule has 3 aromatic carbocycles. The molecule has 0 saturated carbocycles. The molecule has 1 aliphatic heterocycles. The van der Waals surface area contributed by atoms with Gasteiger partial charge in [0.25, 0.3) is 11.8 Å². The number of rotatable bonds is 7. The van der Waals surface area contributed by atoms with Gasteiger partial charge in [0, 0.05) is 12.2 Å². The number of anilines is 2. The molecule has 6 nitrogen and oxygen atoms in total. The Hall–Kier alpha value is -3.87. The summed E-state index contributed by atoms with van der Waals surface area (Å²) in [6.45, 7) is 0.841. The number of nitrogens with one attached hydrogen (secondary N) is 1. The van der Waals surface area contributed by atoms with Gasteiger partial charge in [-0.1, -0.05) is 30.3 Å². The molecule has 7 heteroatoms. The van der Waals surface area contributed by atoms with Crippen molar-refractivity contribution in [3.05, 3.63) is 84.2 Å². The van der Waals surface area contributed by atoms with Crippen LogP contribution >= 0.6 is 0 Å². The highest BCUT2D eigenvalue weighted by molar-refractivity contribution is 6.05. The number of para-hydroxylation sites is 1. The van der Waals surface area contributed by atoms with Crippen LogP contribution in [0.1, 0.15) is 16.8 Å². The SMILES string of the molecule is O=C(Nc1ccc2c(c1)N(CCCOc1ccccc1)C(=O)CO2)c1ccccc1F. The van der Waals surface area contributed by atoms with Crippen molar-refractivity contribution in [3.63, 3.8) is 0 Å². The van der Waals surface area contributed by atoms with Crippen LogP contribution in [0.15, 0.2) is 72.8 Å². The number of carbonyl (C=O) groups excluding carboxylic acids is 2. The minimum Gasteiger partial charge on any atom is -0.494 e. The van der Waals surface area contributed by atoms with Crippen molar-refractivity contribution in [3.8, 4) is 11.5 Å². The highest BCUT2D eigenvalue weighted by atomic mass is 19.1. The minimum atomic E-state index is -0.600. The third-order valence-corrected chi connectivity index (χ3v) is 4.82. The second-order valence-electron chi connectivity index (χ2n) is 6.97. The Labute approximate surface area is 179 Å². The van der Waals surface area contributed by atoms with E-state index in [0.717, 1.165) is 5.75 Å². The number of nitrogens with zero attached hydrogens (tertiary/aromatic N) is 1. The van der Waals surface area contributed by atoms with E-state index in [9.17, 15) is 14.0 Å². The van der Waals surface area contributed by atoms with Crippen LogP contribution in [-0.2, 0) is 4.79 Å². The van der Waals surface area contributed by atoms with Crippen LogP contribution in [-0.4, -0.2) is 31.6 Å². The lowest BCUT2D eigenvalue weighted by Crippen LogP contribution is -2.39. The Bertz CT molecular complexity index is 1090. The molecule has 0 atom stereocenters. The van der Waals surface area contributed by atoms with Crippen LogP contribution in [0, 0.1) is 5.82 Å². The highest BCUT2D eigenvalue weighted by Gasteiger charge is 2.26. The predicted molar refractivity (Wildman–Crippen MR) is 115 cm³/mol. The molecule has 31 heavy (non-hydrogen) atoms. The zero-order chi connectivity index (χ0) is 21.6. The smallest absolute Gasteiger partial charge is 0.265 e. The topological polar surface area (TPSA) is 67.9 Å². The van der Waals surface area contributed by atoms with Gasteiger partial charge >= 0.3 is 0 Å². The summed E-state index contributed by atoms with van der Waals surface area (Å²) >= 11 is 0. The Kier molecular flexibility index (Phi) is 6.12. The quantitative estimate of drug-likeness (QED) is 0.580. The molecule has 3 aromatic rings. The molecule has 1 heterocycles. The van der Waals surface area contributed by atoms with Crippen molar-refractivity contribution in [2.45, 2.75) is 6.42 Å². The molecule has 4 rings (SSSR count). The average molecular weight is 420 g/mol. The van der Waals surface area contributed by atoms with Crippen molar-refractivity contribution in [2.75, 3.05) is 30.0 Å². The largest absolute Gasteiger partial charge is 0.494 e. The fourth-order valence-corrected chi connectivity index (χ4v) is 3.30. The van der Waals surface area contributed by atoms with Crippen molar-refractivity contribution in [2.24, 2.45) is 0 Å². The molecule has 0 unspecified atom stereocenters. The van der Waals surface area contributed by atoms with Gasteiger partial charge in [-0.15, -0.1) is 0 Å². The minimum absolute atomic E-state index is 0.0481. The molecule has 0 aromatic heterocycles. The number of benzene rings is 3. The number of hydrogen-bond donors (Lipinski definition) is 1.